The third kappa shape index (κ3) is 4.84. The number of fused-ring (bicyclic) bond motifs is 1. The molecule has 0 saturated heterocycles. The first-order valence-corrected chi connectivity index (χ1v) is 10.7. The number of anilines is 1. The van der Waals surface area contributed by atoms with Gasteiger partial charge < -0.3 is 11.1 Å². The van der Waals surface area contributed by atoms with Gasteiger partial charge in [-0.15, -0.1) is 4.36 Å². The minimum atomic E-state index is -3.57. The molecule has 0 radical (unpaired) electrons. The Hall–Kier alpha value is -3.11. The van der Waals surface area contributed by atoms with Crippen LogP contribution < -0.4 is 16.2 Å². The number of hydrogen-bond acceptors (Lipinski definition) is 6. The second-order valence-corrected chi connectivity index (χ2v) is 8.16. The van der Waals surface area contributed by atoms with Crippen LogP contribution in [0.25, 0.3) is 11.1 Å². The Morgan fingerprint density at radius 3 is 2.83 bits per heavy atom. The number of rotatable bonds is 5. The average molecular weight is 414 g/mol. The van der Waals surface area contributed by atoms with Crippen molar-refractivity contribution in [2.75, 3.05) is 11.9 Å². The number of allylic oxidation sites excluding steroid dienone is 1. The van der Waals surface area contributed by atoms with Crippen LogP contribution in [0.1, 0.15) is 24.6 Å². The molecule has 5 N–H and O–H groups in total. The quantitative estimate of drug-likeness (QED) is 0.643. The zero-order chi connectivity index (χ0) is 20.9. The Kier molecular flexibility index (Phi) is 6.35. The molecule has 152 valence electrons. The summed E-state index contributed by atoms with van der Waals surface area (Å²) in [7, 11) is -3.57. The lowest BCUT2D eigenvalue weighted by molar-refractivity contribution is 0.260. The van der Waals surface area contributed by atoms with Crippen molar-refractivity contribution >= 4 is 27.8 Å². The van der Waals surface area contributed by atoms with Crippen LogP contribution in [0.2, 0.25) is 0 Å². The zero-order valence-corrected chi connectivity index (χ0v) is 16.9. The number of amides is 2. The molecule has 2 heterocycles. The second kappa shape index (κ2) is 8.93. The molecule has 0 aromatic carbocycles. The fraction of sp³-hybridized carbons (Fsp3) is 0.263. The third-order valence-electron chi connectivity index (χ3n) is 4.42. The van der Waals surface area contributed by atoms with Crippen molar-refractivity contribution in [1.29, 1.82) is 0 Å². The van der Waals surface area contributed by atoms with E-state index >= 15 is 0 Å². The van der Waals surface area contributed by atoms with Gasteiger partial charge in [0.2, 0.25) is 0 Å². The molecule has 9 nitrogen and oxygen atoms in total. The first-order chi connectivity index (χ1) is 13.9. The minimum absolute atomic E-state index is 0.223. The smallest absolute Gasteiger partial charge is 0.354 e. The summed E-state index contributed by atoms with van der Waals surface area (Å²) in [6, 6.07) is 2.81. The van der Waals surface area contributed by atoms with Crippen molar-refractivity contribution in [3.63, 3.8) is 0 Å². The third-order valence-corrected chi connectivity index (χ3v) is 5.66. The SMILES string of the molecule is CCN=C/C=C(\N)S(N)(=O)=NC(=O)Nc1c(-c2ccncc2)cnc2c1CCC2. The van der Waals surface area contributed by atoms with Crippen molar-refractivity contribution in [2.45, 2.75) is 26.2 Å². The molecule has 2 aromatic heterocycles. The molecule has 0 fully saturated rings. The Balaban J connectivity index is 1.97. The molecule has 2 aromatic rings. The molecule has 29 heavy (non-hydrogen) atoms. The summed E-state index contributed by atoms with van der Waals surface area (Å²) in [6.45, 7) is 2.38. The van der Waals surface area contributed by atoms with Crippen molar-refractivity contribution in [1.82, 2.24) is 9.97 Å². The lowest BCUT2D eigenvalue weighted by Gasteiger charge is -2.14. The Bertz CT molecular complexity index is 1090. The summed E-state index contributed by atoms with van der Waals surface area (Å²) in [5.74, 6) is 0. The Morgan fingerprint density at radius 1 is 1.34 bits per heavy atom. The summed E-state index contributed by atoms with van der Waals surface area (Å²) in [5.41, 5.74) is 9.78. The summed E-state index contributed by atoms with van der Waals surface area (Å²) >= 11 is 0. The highest BCUT2D eigenvalue weighted by molar-refractivity contribution is 7.95. The molecule has 0 bridgehead atoms. The Morgan fingerprint density at radius 2 is 2.10 bits per heavy atom. The highest BCUT2D eigenvalue weighted by Gasteiger charge is 2.22. The predicted molar refractivity (Wildman–Crippen MR) is 115 cm³/mol. The highest BCUT2D eigenvalue weighted by Crippen LogP contribution is 2.36. The lowest BCUT2D eigenvalue weighted by atomic mass is 10.0. The first-order valence-electron chi connectivity index (χ1n) is 9.15. The Labute approximate surface area is 169 Å². The normalized spacial score (nSPS) is 15.7. The maximum Gasteiger partial charge on any atom is 0.354 e. The van der Waals surface area contributed by atoms with Gasteiger partial charge in [0.05, 0.1) is 5.69 Å². The fourth-order valence-corrected chi connectivity index (χ4v) is 3.69. The van der Waals surface area contributed by atoms with Gasteiger partial charge in [0, 0.05) is 42.6 Å². The van der Waals surface area contributed by atoms with Gasteiger partial charge in [-0.05, 0) is 55.5 Å². The maximum absolute atomic E-state index is 12.6. The van der Waals surface area contributed by atoms with Crippen LogP contribution in [0.15, 0.2) is 51.2 Å². The van der Waals surface area contributed by atoms with Crippen LogP contribution in [0.5, 0.6) is 0 Å². The fourth-order valence-electron chi connectivity index (χ4n) is 3.04. The van der Waals surface area contributed by atoms with Gasteiger partial charge in [-0.2, -0.15) is 0 Å². The van der Waals surface area contributed by atoms with E-state index in [0.717, 1.165) is 41.6 Å². The van der Waals surface area contributed by atoms with E-state index in [2.05, 4.69) is 24.6 Å². The van der Waals surface area contributed by atoms with E-state index in [1.54, 1.807) is 18.6 Å². The first kappa shape index (κ1) is 20.6. The van der Waals surface area contributed by atoms with E-state index in [1.807, 2.05) is 19.1 Å². The van der Waals surface area contributed by atoms with Gasteiger partial charge in [-0.1, -0.05) is 0 Å². The lowest BCUT2D eigenvalue weighted by Crippen LogP contribution is -2.24. The zero-order valence-electron chi connectivity index (χ0n) is 16.0. The van der Waals surface area contributed by atoms with Crippen LogP contribution >= 0.6 is 0 Å². The molecular weight excluding hydrogens is 390 g/mol. The van der Waals surface area contributed by atoms with E-state index < -0.39 is 15.9 Å². The van der Waals surface area contributed by atoms with Gasteiger partial charge in [0.15, 0.2) is 9.92 Å². The molecule has 2 amide bonds. The highest BCUT2D eigenvalue weighted by atomic mass is 32.2. The molecule has 0 spiro atoms. The summed E-state index contributed by atoms with van der Waals surface area (Å²) in [6.07, 6.45) is 10.3. The van der Waals surface area contributed by atoms with Crippen LogP contribution in [0, 0.1) is 0 Å². The van der Waals surface area contributed by atoms with Gasteiger partial charge in [-0.25, -0.2) is 14.1 Å². The van der Waals surface area contributed by atoms with Crippen molar-refractivity contribution in [3.8, 4) is 11.1 Å². The molecule has 1 atom stereocenters. The summed E-state index contributed by atoms with van der Waals surface area (Å²) < 4.78 is 16.2. The van der Waals surface area contributed by atoms with E-state index in [-0.39, 0.29) is 5.03 Å². The monoisotopic (exact) mass is 413 g/mol. The molecule has 1 unspecified atom stereocenters. The van der Waals surface area contributed by atoms with Gasteiger partial charge >= 0.3 is 6.03 Å². The average Bonchev–Trinajstić information content (AvgIpc) is 3.18. The summed E-state index contributed by atoms with van der Waals surface area (Å²) in [5, 5.41) is 8.21. The van der Waals surface area contributed by atoms with Crippen molar-refractivity contribution < 1.29 is 9.00 Å². The van der Waals surface area contributed by atoms with Gasteiger partial charge in [0.25, 0.3) is 0 Å². The van der Waals surface area contributed by atoms with Crippen LogP contribution in [0.3, 0.4) is 0 Å². The summed E-state index contributed by atoms with van der Waals surface area (Å²) in [4.78, 5) is 25.0. The molecule has 0 saturated carbocycles. The van der Waals surface area contributed by atoms with Crippen molar-refractivity contribution in [2.24, 2.45) is 20.2 Å². The number of nitrogens with two attached hydrogens (primary N) is 2. The number of aryl methyl sites for hydroxylation is 1. The molecule has 1 aliphatic rings. The van der Waals surface area contributed by atoms with E-state index in [4.69, 9.17) is 10.9 Å². The standard InChI is InChI=1S/C19H23N7O2S/c1-2-22-11-8-17(20)29(21,28)26-19(27)25-18-14-4-3-5-16(14)24-12-15(18)13-6-9-23-10-7-13/h6-12H,2-5,20H2,1H3,(H3,21,24,25,26,27,28)/b17-8+,22-11?. The number of urea groups is 1. The number of nitrogens with zero attached hydrogens (tertiary/aromatic N) is 4. The molecule has 3 rings (SSSR count). The van der Waals surface area contributed by atoms with Crippen LogP contribution in [-0.2, 0) is 22.8 Å². The maximum atomic E-state index is 12.6. The largest absolute Gasteiger partial charge is 0.390 e. The molecule has 0 aliphatic heterocycles. The van der Waals surface area contributed by atoms with Crippen LogP contribution in [0.4, 0.5) is 10.5 Å². The number of hydrogen-bond donors (Lipinski definition) is 3. The predicted octanol–water partition coefficient (Wildman–Crippen LogP) is 2.40. The van der Waals surface area contributed by atoms with Crippen LogP contribution in [-0.4, -0.2) is 33.0 Å². The second-order valence-electron chi connectivity index (χ2n) is 6.37. The minimum Gasteiger partial charge on any atom is -0.390 e. The molecule has 1 aliphatic carbocycles. The van der Waals surface area contributed by atoms with Crippen molar-refractivity contribution in [3.05, 3.63) is 53.1 Å². The number of aromatic nitrogens is 2. The number of nitrogens with one attached hydrogen (secondary N) is 1. The van der Waals surface area contributed by atoms with E-state index in [0.29, 0.717) is 12.2 Å². The number of aliphatic imine (C=N–C) groups is 1. The van der Waals surface area contributed by atoms with Gasteiger partial charge in [0.1, 0.15) is 5.03 Å². The number of carbonyl (C=O) groups is 1. The number of pyridine rings is 2. The number of carbonyl (C=O) groups excluding carboxylic acids is 1. The topological polar surface area (TPSA) is 149 Å². The molecular formula is C19H23N7O2S. The molecule has 10 heteroatoms. The van der Waals surface area contributed by atoms with E-state index in [1.165, 1.54) is 12.3 Å². The van der Waals surface area contributed by atoms with Gasteiger partial charge in [-0.3, -0.25) is 15.0 Å². The van der Waals surface area contributed by atoms with E-state index in [9.17, 15) is 9.00 Å².